The fourth-order valence-corrected chi connectivity index (χ4v) is 5.78. The molecule has 37 heavy (non-hydrogen) atoms. The van der Waals surface area contributed by atoms with Crippen molar-refractivity contribution in [2.24, 2.45) is 0 Å². The fourth-order valence-electron chi connectivity index (χ4n) is 3.95. The molecule has 1 unspecified atom stereocenters. The van der Waals surface area contributed by atoms with Crippen LogP contribution in [0.3, 0.4) is 0 Å². The van der Waals surface area contributed by atoms with Crippen molar-refractivity contribution in [3.05, 3.63) is 95.3 Å². The van der Waals surface area contributed by atoms with Crippen molar-refractivity contribution in [2.45, 2.75) is 16.1 Å². The van der Waals surface area contributed by atoms with Gasteiger partial charge in [0.2, 0.25) is 5.13 Å². The first-order chi connectivity index (χ1) is 18.0. The number of aliphatic hydroxyl groups excluding tert-OH is 1. The van der Waals surface area contributed by atoms with E-state index in [-0.39, 0.29) is 28.0 Å². The van der Waals surface area contributed by atoms with Gasteiger partial charge in [0.05, 0.1) is 18.7 Å². The van der Waals surface area contributed by atoms with Gasteiger partial charge in [-0.15, -0.1) is 10.2 Å². The number of phenolic OH excluding ortho intramolecular Hbond substituents is 1. The molecule has 1 amide bonds. The SMILES string of the molecule is COc1cc(C2C(=C(O)c3ccncc3)C(=O)C(=O)N2c2nnc(SCc3ccccc3)s2)ccc1O. The number of nitrogens with zero attached hydrogens (tertiary/aromatic N) is 4. The first-order valence-electron chi connectivity index (χ1n) is 11.1. The van der Waals surface area contributed by atoms with Crippen LogP contribution in [0.5, 0.6) is 11.5 Å². The number of amides is 1. The second-order valence-electron chi connectivity index (χ2n) is 7.96. The number of pyridine rings is 1. The number of carbonyl (C=O) groups excluding carboxylic acids is 2. The standard InChI is InChI=1S/C26H20N4O5S2/c1-35-19-13-17(7-8-18(19)31)21-20(22(32)16-9-11-27-12-10-16)23(33)24(34)30(21)25-28-29-26(37-25)36-14-15-5-3-2-4-6-15/h2-13,21,31-32H,14H2,1H3. The van der Waals surface area contributed by atoms with Gasteiger partial charge in [-0.2, -0.15) is 0 Å². The zero-order valence-corrected chi connectivity index (χ0v) is 21.1. The van der Waals surface area contributed by atoms with Crippen LogP contribution in [0.25, 0.3) is 5.76 Å². The Kier molecular flexibility index (Phi) is 6.89. The third-order valence-electron chi connectivity index (χ3n) is 5.72. The molecule has 5 rings (SSSR count). The van der Waals surface area contributed by atoms with E-state index in [2.05, 4.69) is 15.2 Å². The number of Topliss-reactive ketones (excluding diaryl/α,β-unsaturated/α-hetero) is 1. The Morgan fingerprint density at radius 3 is 2.57 bits per heavy atom. The van der Waals surface area contributed by atoms with Crippen LogP contribution in [0.15, 0.2) is 83.0 Å². The predicted octanol–water partition coefficient (Wildman–Crippen LogP) is 4.57. The number of carbonyl (C=O) groups is 2. The van der Waals surface area contributed by atoms with E-state index < -0.39 is 17.7 Å². The van der Waals surface area contributed by atoms with Crippen molar-refractivity contribution < 1.29 is 24.5 Å². The summed E-state index contributed by atoms with van der Waals surface area (Å²) in [6, 6.07) is 16.4. The molecule has 186 valence electrons. The van der Waals surface area contributed by atoms with Crippen LogP contribution in [0, 0.1) is 0 Å². The molecule has 1 atom stereocenters. The van der Waals surface area contributed by atoms with E-state index in [0.717, 1.165) is 5.56 Å². The molecule has 2 aromatic heterocycles. The fraction of sp³-hybridized carbons (Fsp3) is 0.115. The van der Waals surface area contributed by atoms with Gasteiger partial charge in [-0.1, -0.05) is 59.5 Å². The summed E-state index contributed by atoms with van der Waals surface area (Å²) in [6.07, 6.45) is 2.95. The zero-order valence-electron chi connectivity index (χ0n) is 19.4. The summed E-state index contributed by atoms with van der Waals surface area (Å²) in [7, 11) is 1.40. The van der Waals surface area contributed by atoms with Gasteiger partial charge in [0.25, 0.3) is 5.78 Å². The van der Waals surface area contributed by atoms with Gasteiger partial charge in [-0.3, -0.25) is 19.5 Å². The van der Waals surface area contributed by atoms with Crippen LogP contribution >= 0.6 is 23.1 Å². The highest BCUT2D eigenvalue weighted by Crippen LogP contribution is 2.45. The highest BCUT2D eigenvalue weighted by Gasteiger charge is 2.48. The van der Waals surface area contributed by atoms with Crippen LogP contribution in [0.1, 0.15) is 22.7 Å². The Bertz CT molecular complexity index is 1490. The molecule has 4 aromatic rings. The van der Waals surface area contributed by atoms with Crippen LogP contribution < -0.4 is 9.64 Å². The number of phenols is 1. The average molecular weight is 533 g/mol. The third-order valence-corrected chi connectivity index (χ3v) is 7.85. The number of benzene rings is 2. The third kappa shape index (κ3) is 4.78. The number of hydrogen-bond acceptors (Lipinski definition) is 10. The number of anilines is 1. The molecule has 1 aliphatic rings. The van der Waals surface area contributed by atoms with Crippen molar-refractivity contribution in [1.29, 1.82) is 0 Å². The summed E-state index contributed by atoms with van der Waals surface area (Å²) in [5, 5.41) is 29.9. The molecule has 11 heteroatoms. The molecule has 1 fully saturated rings. The normalized spacial score (nSPS) is 16.8. The monoisotopic (exact) mass is 532 g/mol. The van der Waals surface area contributed by atoms with E-state index >= 15 is 0 Å². The summed E-state index contributed by atoms with van der Waals surface area (Å²) in [6.45, 7) is 0. The molecule has 0 spiro atoms. The van der Waals surface area contributed by atoms with Gasteiger partial charge >= 0.3 is 5.91 Å². The predicted molar refractivity (Wildman–Crippen MR) is 140 cm³/mol. The molecular formula is C26H20N4O5S2. The molecule has 2 aromatic carbocycles. The highest BCUT2D eigenvalue weighted by molar-refractivity contribution is 8.00. The lowest BCUT2D eigenvalue weighted by Crippen LogP contribution is -2.29. The lowest BCUT2D eigenvalue weighted by atomic mass is 9.95. The highest BCUT2D eigenvalue weighted by atomic mass is 32.2. The number of hydrogen-bond donors (Lipinski definition) is 2. The Balaban J connectivity index is 1.58. The molecule has 0 saturated carbocycles. The van der Waals surface area contributed by atoms with Crippen molar-refractivity contribution in [3.8, 4) is 11.5 Å². The van der Waals surface area contributed by atoms with Gasteiger partial charge in [-0.25, -0.2) is 0 Å². The van der Waals surface area contributed by atoms with E-state index in [1.54, 1.807) is 18.2 Å². The second kappa shape index (κ2) is 10.4. The van der Waals surface area contributed by atoms with E-state index in [0.29, 0.717) is 21.2 Å². The summed E-state index contributed by atoms with van der Waals surface area (Å²) in [5.74, 6) is -1.34. The van der Waals surface area contributed by atoms with Crippen LogP contribution in [0.2, 0.25) is 0 Å². The van der Waals surface area contributed by atoms with Gasteiger partial charge in [-0.05, 0) is 35.4 Å². The Hall–Kier alpha value is -4.22. The number of thioether (sulfide) groups is 1. The van der Waals surface area contributed by atoms with Crippen LogP contribution in [0.4, 0.5) is 5.13 Å². The zero-order chi connectivity index (χ0) is 25.9. The van der Waals surface area contributed by atoms with Crippen molar-refractivity contribution in [3.63, 3.8) is 0 Å². The molecular weight excluding hydrogens is 512 g/mol. The number of aromatic nitrogens is 3. The molecule has 2 N–H and O–H groups in total. The van der Waals surface area contributed by atoms with E-state index in [4.69, 9.17) is 4.74 Å². The Labute approximate surface area is 220 Å². The van der Waals surface area contributed by atoms with Crippen molar-refractivity contribution in [2.75, 3.05) is 12.0 Å². The molecule has 0 aliphatic carbocycles. The maximum atomic E-state index is 13.3. The summed E-state index contributed by atoms with van der Waals surface area (Å²) in [5.41, 5.74) is 1.77. The quantitative estimate of drug-likeness (QED) is 0.116. The smallest absolute Gasteiger partial charge is 0.301 e. The molecule has 0 radical (unpaired) electrons. The largest absolute Gasteiger partial charge is 0.507 e. The maximum absolute atomic E-state index is 13.3. The summed E-state index contributed by atoms with van der Waals surface area (Å²) < 4.78 is 5.87. The minimum Gasteiger partial charge on any atom is -0.507 e. The van der Waals surface area contributed by atoms with Gasteiger partial charge < -0.3 is 14.9 Å². The second-order valence-corrected chi connectivity index (χ2v) is 10.1. The van der Waals surface area contributed by atoms with E-state index in [1.807, 2.05) is 30.3 Å². The van der Waals surface area contributed by atoms with Crippen LogP contribution in [-0.4, -0.2) is 44.2 Å². The van der Waals surface area contributed by atoms with Gasteiger partial charge in [0.15, 0.2) is 15.8 Å². The van der Waals surface area contributed by atoms with Crippen LogP contribution in [-0.2, 0) is 15.3 Å². The van der Waals surface area contributed by atoms with Crippen molar-refractivity contribution in [1.82, 2.24) is 15.2 Å². The number of aromatic hydroxyl groups is 1. The Morgan fingerprint density at radius 1 is 1.08 bits per heavy atom. The van der Waals surface area contributed by atoms with E-state index in [9.17, 15) is 19.8 Å². The summed E-state index contributed by atoms with van der Waals surface area (Å²) in [4.78, 5) is 31.8. The number of aliphatic hydroxyl groups is 1. The number of ether oxygens (including phenoxy) is 1. The van der Waals surface area contributed by atoms with E-state index in [1.165, 1.54) is 59.6 Å². The topological polar surface area (TPSA) is 126 Å². The van der Waals surface area contributed by atoms with Gasteiger partial charge in [0.1, 0.15) is 5.76 Å². The number of ketones is 1. The Morgan fingerprint density at radius 2 is 1.84 bits per heavy atom. The molecule has 3 heterocycles. The minimum absolute atomic E-state index is 0.104. The number of methoxy groups -OCH3 is 1. The molecule has 0 bridgehead atoms. The number of rotatable bonds is 7. The first kappa shape index (κ1) is 24.5. The molecule has 1 saturated heterocycles. The first-order valence-corrected chi connectivity index (χ1v) is 12.9. The maximum Gasteiger partial charge on any atom is 0.301 e. The lowest BCUT2D eigenvalue weighted by molar-refractivity contribution is -0.132. The average Bonchev–Trinajstić information content (AvgIpc) is 3.50. The summed E-state index contributed by atoms with van der Waals surface area (Å²) >= 11 is 2.64. The van der Waals surface area contributed by atoms with Gasteiger partial charge in [0, 0.05) is 23.7 Å². The minimum atomic E-state index is -1.03. The molecule has 9 nitrogen and oxygen atoms in total. The lowest BCUT2D eigenvalue weighted by Gasteiger charge is -2.23. The van der Waals surface area contributed by atoms with Crippen molar-refractivity contribution >= 4 is 45.7 Å². The molecule has 1 aliphatic heterocycles.